The molecule has 0 aliphatic heterocycles. The van der Waals surface area contributed by atoms with Crippen molar-refractivity contribution in [3.05, 3.63) is 72.2 Å². The van der Waals surface area contributed by atoms with Crippen LogP contribution >= 0.6 is 0 Å². The van der Waals surface area contributed by atoms with Crippen LogP contribution in [0.4, 0.5) is 0 Å². The summed E-state index contributed by atoms with van der Waals surface area (Å²) in [6, 6.07) is 18.0. The number of hydrogen-bond acceptors (Lipinski definition) is 3. The van der Waals surface area contributed by atoms with Crippen LogP contribution in [0.2, 0.25) is 0 Å². The lowest BCUT2D eigenvalue weighted by molar-refractivity contribution is -0.122. The van der Waals surface area contributed by atoms with Crippen molar-refractivity contribution in [2.45, 2.75) is 18.9 Å². The van der Waals surface area contributed by atoms with E-state index in [1.54, 1.807) is 13.3 Å². The first-order chi connectivity index (χ1) is 12.7. The fourth-order valence-electron chi connectivity index (χ4n) is 3.22. The molecule has 5 heteroatoms. The molecule has 4 rings (SSSR count). The number of H-pyrrole nitrogens is 1. The molecule has 1 aliphatic rings. The molecular weight excluding hydrogens is 326 g/mol. The molecule has 26 heavy (non-hydrogen) atoms. The Bertz CT molecular complexity index is 887. The van der Waals surface area contributed by atoms with Gasteiger partial charge in [-0.05, 0) is 35.6 Å². The molecule has 1 fully saturated rings. The summed E-state index contributed by atoms with van der Waals surface area (Å²) in [4.78, 5) is 20.0. The van der Waals surface area contributed by atoms with Crippen LogP contribution in [-0.2, 0) is 11.3 Å². The van der Waals surface area contributed by atoms with Crippen molar-refractivity contribution in [1.29, 1.82) is 0 Å². The first-order valence-corrected chi connectivity index (χ1v) is 8.75. The highest BCUT2D eigenvalue weighted by atomic mass is 16.5. The fraction of sp³-hybridized carbons (Fsp3) is 0.238. The lowest BCUT2D eigenvalue weighted by Gasteiger charge is -2.04. The standard InChI is InChI=1S/C21H21N3O2/c1-26-16-9-7-14(8-10-16)17-11-18(17)21(25)23-13-20-22-12-19(24-20)15-5-3-2-4-6-15/h2-10,12,17-18H,11,13H2,1H3,(H,22,24)(H,23,25)/t17-,18-/m0/s1. The van der Waals surface area contributed by atoms with Gasteiger partial charge in [-0.3, -0.25) is 4.79 Å². The van der Waals surface area contributed by atoms with Crippen molar-refractivity contribution in [3.8, 4) is 17.0 Å². The zero-order chi connectivity index (χ0) is 17.9. The van der Waals surface area contributed by atoms with E-state index in [9.17, 15) is 4.79 Å². The van der Waals surface area contributed by atoms with Gasteiger partial charge in [-0.15, -0.1) is 0 Å². The van der Waals surface area contributed by atoms with E-state index in [0.717, 1.165) is 29.3 Å². The number of benzene rings is 2. The highest BCUT2D eigenvalue weighted by Gasteiger charge is 2.43. The third-order valence-electron chi connectivity index (χ3n) is 4.81. The van der Waals surface area contributed by atoms with Crippen molar-refractivity contribution < 1.29 is 9.53 Å². The van der Waals surface area contributed by atoms with Gasteiger partial charge in [-0.25, -0.2) is 4.98 Å². The number of ether oxygens (including phenoxy) is 1. The average molecular weight is 347 g/mol. The van der Waals surface area contributed by atoms with Crippen LogP contribution in [0.5, 0.6) is 5.75 Å². The van der Waals surface area contributed by atoms with Crippen LogP contribution in [0.3, 0.4) is 0 Å². The van der Waals surface area contributed by atoms with Gasteiger partial charge in [0, 0.05) is 5.92 Å². The van der Waals surface area contributed by atoms with E-state index in [1.807, 2.05) is 54.6 Å². The van der Waals surface area contributed by atoms with Crippen molar-refractivity contribution in [1.82, 2.24) is 15.3 Å². The number of nitrogens with zero attached hydrogens (tertiary/aromatic N) is 1. The summed E-state index contributed by atoms with van der Waals surface area (Å²) in [5, 5.41) is 2.99. The van der Waals surface area contributed by atoms with Gasteiger partial charge in [0.2, 0.25) is 5.91 Å². The third-order valence-corrected chi connectivity index (χ3v) is 4.81. The molecule has 1 aliphatic carbocycles. The van der Waals surface area contributed by atoms with Crippen molar-refractivity contribution in [3.63, 3.8) is 0 Å². The van der Waals surface area contributed by atoms with E-state index < -0.39 is 0 Å². The summed E-state index contributed by atoms with van der Waals surface area (Å²) in [5.41, 5.74) is 3.23. The van der Waals surface area contributed by atoms with Crippen LogP contribution in [0.25, 0.3) is 11.3 Å². The number of nitrogens with one attached hydrogen (secondary N) is 2. The topological polar surface area (TPSA) is 67.0 Å². The molecule has 5 nitrogen and oxygen atoms in total. The molecule has 1 aromatic heterocycles. The number of aromatic nitrogens is 2. The Labute approximate surface area is 152 Å². The summed E-state index contributed by atoms with van der Waals surface area (Å²) in [6.45, 7) is 0.414. The maximum Gasteiger partial charge on any atom is 0.224 e. The van der Waals surface area contributed by atoms with E-state index >= 15 is 0 Å². The van der Waals surface area contributed by atoms with Gasteiger partial charge in [0.1, 0.15) is 11.6 Å². The maximum atomic E-state index is 12.4. The van der Waals surface area contributed by atoms with Gasteiger partial charge in [0.15, 0.2) is 0 Å². The lowest BCUT2D eigenvalue weighted by atomic mass is 10.1. The zero-order valence-electron chi connectivity index (χ0n) is 14.6. The second kappa shape index (κ2) is 7.04. The second-order valence-corrected chi connectivity index (χ2v) is 6.55. The molecule has 1 saturated carbocycles. The molecule has 1 amide bonds. The molecule has 3 aromatic rings. The van der Waals surface area contributed by atoms with Crippen LogP contribution in [-0.4, -0.2) is 23.0 Å². The average Bonchev–Trinajstić information content (AvgIpc) is 3.36. The minimum absolute atomic E-state index is 0.0481. The summed E-state index contributed by atoms with van der Waals surface area (Å²) in [7, 11) is 1.65. The van der Waals surface area contributed by atoms with Crippen LogP contribution in [0, 0.1) is 5.92 Å². The minimum atomic E-state index is 0.0481. The van der Waals surface area contributed by atoms with E-state index in [1.165, 1.54) is 5.56 Å². The first-order valence-electron chi connectivity index (χ1n) is 8.75. The third kappa shape index (κ3) is 3.47. The monoisotopic (exact) mass is 347 g/mol. The Hall–Kier alpha value is -3.08. The van der Waals surface area contributed by atoms with Crippen LogP contribution in [0.1, 0.15) is 23.7 Å². The molecule has 0 unspecified atom stereocenters. The Morgan fingerprint density at radius 1 is 1.19 bits per heavy atom. The Kier molecular flexibility index (Phi) is 4.44. The molecule has 1 heterocycles. The summed E-state index contributed by atoms with van der Waals surface area (Å²) < 4.78 is 5.18. The van der Waals surface area contributed by atoms with Gasteiger partial charge >= 0.3 is 0 Å². The lowest BCUT2D eigenvalue weighted by Crippen LogP contribution is -2.25. The highest BCUT2D eigenvalue weighted by molar-refractivity contribution is 5.82. The van der Waals surface area contributed by atoms with Gasteiger partial charge in [-0.2, -0.15) is 0 Å². The van der Waals surface area contributed by atoms with Gasteiger partial charge in [0.25, 0.3) is 0 Å². The van der Waals surface area contributed by atoms with Crippen molar-refractivity contribution in [2.75, 3.05) is 7.11 Å². The Morgan fingerprint density at radius 3 is 2.69 bits per heavy atom. The zero-order valence-corrected chi connectivity index (χ0v) is 14.6. The van der Waals surface area contributed by atoms with Gasteiger partial charge in [0.05, 0.1) is 25.5 Å². The molecule has 2 aromatic carbocycles. The van der Waals surface area contributed by atoms with Crippen LogP contribution in [0.15, 0.2) is 60.8 Å². The summed E-state index contributed by atoms with van der Waals surface area (Å²) >= 11 is 0. The predicted octanol–water partition coefficient (Wildman–Crippen LogP) is 3.51. The maximum absolute atomic E-state index is 12.4. The van der Waals surface area contributed by atoms with E-state index in [0.29, 0.717) is 12.5 Å². The SMILES string of the molecule is COc1ccc([C@@H]2C[C@@H]2C(=O)NCc2ncc(-c3ccccc3)[nH]2)cc1. The number of amides is 1. The number of carbonyl (C=O) groups excluding carboxylic acids is 1. The van der Waals surface area contributed by atoms with Gasteiger partial charge < -0.3 is 15.0 Å². The second-order valence-electron chi connectivity index (χ2n) is 6.55. The highest BCUT2D eigenvalue weighted by Crippen LogP contribution is 2.47. The molecule has 0 saturated heterocycles. The molecular formula is C21H21N3O2. The Morgan fingerprint density at radius 2 is 1.96 bits per heavy atom. The normalized spacial score (nSPS) is 18.3. The number of aromatic amines is 1. The van der Waals surface area contributed by atoms with Crippen molar-refractivity contribution in [2.24, 2.45) is 5.92 Å². The number of methoxy groups -OCH3 is 1. The van der Waals surface area contributed by atoms with E-state index in [-0.39, 0.29) is 11.8 Å². The number of hydrogen-bond donors (Lipinski definition) is 2. The molecule has 0 radical (unpaired) electrons. The summed E-state index contributed by atoms with van der Waals surface area (Å²) in [6.07, 6.45) is 2.69. The Balaban J connectivity index is 1.31. The number of imidazole rings is 1. The molecule has 0 bridgehead atoms. The fourth-order valence-corrected chi connectivity index (χ4v) is 3.22. The number of rotatable bonds is 6. The smallest absolute Gasteiger partial charge is 0.224 e. The predicted molar refractivity (Wildman–Crippen MR) is 99.7 cm³/mol. The number of carbonyl (C=O) groups is 1. The quantitative estimate of drug-likeness (QED) is 0.717. The van der Waals surface area contributed by atoms with Crippen LogP contribution < -0.4 is 10.1 Å². The van der Waals surface area contributed by atoms with Gasteiger partial charge in [-0.1, -0.05) is 42.5 Å². The minimum Gasteiger partial charge on any atom is -0.497 e. The molecule has 132 valence electrons. The summed E-state index contributed by atoms with van der Waals surface area (Å²) in [5.74, 6) is 2.04. The van der Waals surface area contributed by atoms with E-state index in [4.69, 9.17) is 4.74 Å². The molecule has 2 atom stereocenters. The molecule has 0 spiro atoms. The largest absolute Gasteiger partial charge is 0.497 e. The molecule has 2 N–H and O–H groups in total. The van der Waals surface area contributed by atoms with Crippen molar-refractivity contribution >= 4 is 5.91 Å². The van der Waals surface area contributed by atoms with E-state index in [2.05, 4.69) is 15.3 Å². The first kappa shape index (κ1) is 16.4.